The number of halogens is 3. The second kappa shape index (κ2) is 9.19. The van der Waals surface area contributed by atoms with E-state index < -0.39 is 34.7 Å². The molecule has 0 aliphatic carbocycles. The van der Waals surface area contributed by atoms with Gasteiger partial charge in [-0.15, -0.1) is 0 Å². The van der Waals surface area contributed by atoms with Gasteiger partial charge >= 0.3 is 5.69 Å². The number of nitriles is 1. The summed E-state index contributed by atoms with van der Waals surface area (Å²) in [7, 11) is 0. The monoisotopic (exact) mass is 511 g/mol. The van der Waals surface area contributed by atoms with Crippen LogP contribution in [0.1, 0.15) is 36.1 Å². The Labute approximate surface area is 210 Å². The Balaban J connectivity index is 1.76. The van der Waals surface area contributed by atoms with E-state index in [0.29, 0.717) is 31.9 Å². The van der Waals surface area contributed by atoms with Gasteiger partial charge in [0, 0.05) is 37.7 Å². The number of hydrogen-bond donors (Lipinski definition) is 0. The van der Waals surface area contributed by atoms with Crippen molar-refractivity contribution in [1.29, 1.82) is 5.26 Å². The Morgan fingerprint density at radius 2 is 1.86 bits per heavy atom. The lowest BCUT2D eigenvalue weighted by Gasteiger charge is -2.49. The van der Waals surface area contributed by atoms with Gasteiger partial charge in [-0.1, -0.05) is 0 Å². The van der Waals surface area contributed by atoms with Crippen molar-refractivity contribution < 1.29 is 17.9 Å². The predicted molar refractivity (Wildman–Crippen MR) is 128 cm³/mol. The Morgan fingerprint density at radius 3 is 2.46 bits per heavy atom. The zero-order valence-corrected chi connectivity index (χ0v) is 20.3. The molecule has 0 saturated carbocycles. The Hall–Kier alpha value is -3.91. The van der Waals surface area contributed by atoms with Crippen LogP contribution in [0, 0.1) is 41.1 Å². The highest BCUT2D eigenvalue weighted by molar-refractivity contribution is 5.54. The van der Waals surface area contributed by atoms with Crippen LogP contribution < -0.4 is 16.1 Å². The number of ether oxygens (including phenoxy) is 1. The summed E-state index contributed by atoms with van der Waals surface area (Å²) < 4.78 is 49.5. The van der Waals surface area contributed by atoms with Crippen LogP contribution >= 0.6 is 0 Å². The number of anilines is 1. The molecule has 5 rings (SSSR count). The smallest absolute Gasteiger partial charge is 0.338 e. The van der Waals surface area contributed by atoms with Crippen molar-refractivity contribution in [2.75, 3.05) is 31.2 Å². The fourth-order valence-corrected chi connectivity index (χ4v) is 5.18. The lowest BCUT2D eigenvalue weighted by atomic mass is 9.79. The van der Waals surface area contributed by atoms with Crippen molar-refractivity contribution in [2.45, 2.75) is 32.7 Å². The number of aryl methyl sites for hydroxylation is 1. The molecular formula is C26H24F3N5O3. The second-order valence-corrected chi connectivity index (χ2v) is 9.83. The van der Waals surface area contributed by atoms with Gasteiger partial charge in [0.15, 0.2) is 17.5 Å². The first-order chi connectivity index (χ1) is 17.6. The number of hydrogen-bond acceptors (Lipinski definition) is 6. The highest BCUT2D eigenvalue weighted by atomic mass is 19.2. The number of aromatic nitrogens is 3. The SMILES string of the molecule is Cc1cncc(-n2c(=O)c(Cc3cc(F)c(F)c(F)c3)c(N3CC4(CCOC4)C3)n(C(C)C#N)c2=O)c1. The number of pyridine rings is 1. The summed E-state index contributed by atoms with van der Waals surface area (Å²) in [5.41, 5.74) is -0.601. The van der Waals surface area contributed by atoms with Crippen LogP contribution in [0.2, 0.25) is 0 Å². The van der Waals surface area contributed by atoms with Crippen LogP contribution in [0.4, 0.5) is 19.0 Å². The van der Waals surface area contributed by atoms with E-state index >= 15 is 0 Å². The van der Waals surface area contributed by atoms with Crippen molar-refractivity contribution >= 4 is 5.82 Å². The summed E-state index contributed by atoms with van der Waals surface area (Å²) in [5, 5.41) is 9.78. The van der Waals surface area contributed by atoms with Crippen molar-refractivity contribution in [3.63, 3.8) is 0 Å². The summed E-state index contributed by atoms with van der Waals surface area (Å²) >= 11 is 0. The molecule has 8 nitrogen and oxygen atoms in total. The predicted octanol–water partition coefficient (Wildman–Crippen LogP) is 3.02. The molecule has 1 spiro atoms. The van der Waals surface area contributed by atoms with Crippen molar-refractivity contribution in [2.24, 2.45) is 5.41 Å². The van der Waals surface area contributed by atoms with Gasteiger partial charge in [-0.3, -0.25) is 14.3 Å². The first-order valence-electron chi connectivity index (χ1n) is 11.8. The van der Waals surface area contributed by atoms with Crippen molar-refractivity contribution in [3.8, 4) is 11.8 Å². The van der Waals surface area contributed by atoms with Gasteiger partial charge in [0.2, 0.25) is 0 Å². The third kappa shape index (κ3) is 4.21. The Bertz CT molecular complexity index is 1520. The topological polar surface area (TPSA) is 93.2 Å². The first-order valence-corrected chi connectivity index (χ1v) is 11.8. The lowest BCUT2D eigenvalue weighted by molar-refractivity contribution is 0.130. The molecule has 0 bridgehead atoms. The van der Waals surface area contributed by atoms with E-state index in [1.54, 1.807) is 19.2 Å². The summed E-state index contributed by atoms with van der Waals surface area (Å²) in [6, 6.07) is 4.35. The molecule has 4 heterocycles. The molecule has 192 valence electrons. The third-order valence-electron chi connectivity index (χ3n) is 7.01. The minimum Gasteiger partial charge on any atom is -0.381 e. The quantitative estimate of drug-likeness (QED) is 0.489. The highest BCUT2D eigenvalue weighted by Crippen LogP contribution is 2.42. The van der Waals surface area contributed by atoms with E-state index in [4.69, 9.17) is 4.74 Å². The molecule has 2 aliphatic rings. The molecule has 1 atom stereocenters. The van der Waals surface area contributed by atoms with E-state index in [-0.39, 0.29) is 34.5 Å². The van der Waals surface area contributed by atoms with Crippen molar-refractivity contribution in [1.82, 2.24) is 14.1 Å². The van der Waals surface area contributed by atoms with E-state index in [1.807, 2.05) is 4.90 Å². The maximum Gasteiger partial charge on any atom is 0.338 e. The van der Waals surface area contributed by atoms with Gasteiger partial charge in [0.1, 0.15) is 11.9 Å². The first kappa shape index (κ1) is 24.8. The standard InChI is InChI=1S/C26H24F3N5O3/c1-15-5-18(11-31-10-15)34-24(35)19(6-17-7-20(27)22(29)21(28)8-17)23(33(25(34)36)16(2)9-30)32-12-26(13-32)3-4-37-14-26/h5,7-8,10-11,16H,3-4,6,12-14H2,1-2H3. The van der Waals surface area contributed by atoms with Gasteiger partial charge in [-0.2, -0.15) is 5.26 Å². The molecule has 0 N–H and O–H groups in total. The molecule has 1 aromatic carbocycles. The molecule has 0 amide bonds. The summed E-state index contributed by atoms with van der Waals surface area (Å²) in [6.07, 6.45) is 3.44. The molecule has 2 aromatic heterocycles. The van der Waals surface area contributed by atoms with Crippen molar-refractivity contribution in [3.05, 3.63) is 85.6 Å². The Morgan fingerprint density at radius 1 is 1.16 bits per heavy atom. The van der Waals surface area contributed by atoms with E-state index in [0.717, 1.165) is 23.1 Å². The molecule has 2 fully saturated rings. The zero-order valence-electron chi connectivity index (χ0n) is 20.3. The normalized spacial score (nSPS) is 17.0. The third-order valence-corrected chi connectivity index (χ3v) is 7.01. The molecule has 11 heteroatoms. The van der Waals surface area contributed by atoms with Gasteiger partial charge in [-0.05, 0) is 49.6 Å². The molecule has 0 radical (unpaired) electrons. The Kier molecular flexibility index (Phi) is 6.15. The van der Waals surface area contributed by atoms with Gasteiger partial charge in [0.25, 0.3) is 5.56 Å². The summed E-state index contributed by atoms with van der Waals surface area (Å²) in [4.78, 5) is 33.6. The number of benzene rings is 1. The minimum absolute atomic E-state index is 0.0120. The minimum atomic E-state index is -1.61. The fraction of sp³-hybridized carbons (Fsp3) is 0.385. The van der Waals surface area contributed by atoms with Crippen LogP contribution in [-0.4, -0.2) is 40.4 Å². The highest BCUT2D eigenvalue weighted by Gasteiger charge is 2.48. The molecule has 1 unspecified atom stereocenters. The number of rotatable bonds is 5. The van der Waals surface area contributed by atoms with E-state index in [2.05, 4.69) is 11.1 Å². The summed E-state index contributed by atoms with van der Waals surface area (Å²) in [6.45, 7) is 5.40. The largest absolute Gasteiger partial charge is 0.381 e. The van der Waals surface area contributed by atoms with Gasteiger partial charge in [-0.25, -0.2) is 22.5 Å². The van der Waals surface area contributed by atoms with Crippen LogP contribution in [0.3, 0.4) is 0 Å². The average Bonchev–Trinajstić information content (AvgIpc) is 3.33. The lowest BCUT2D eigenvalue weighted by Crippen LogP contribution is -2.59. The zero-order chi connectivity index (χ0) is 26.5. The molecule has 2 aliphatic heterocycles. The van der Waals surface area contributed by atoms with Gasteiger partial charge < -0.3 is 9.64 Å². The second-order valence-electron chi connectivity index (χ2n) is 9.83. The molecule has 2 saturated heterocycles. The average molecular weight is 512 g/mol. The van der Waals surface area contributed by atoms with Crippen LogP contribution in [0.15, 0.2) is 40.2 Å². The molecular weight excluding hydrogens is 487 g/mol. The summed E-state index contributed by atoms with van der Waals surface area (Å²) in [5.74, 6) is -4.17. The van der Waals surface area contributed by atoms with Crippen LogP contribution in [-0.2, 0) is 11.2 Å². The number of nitrogens with zero attached hydrogens (tertiary/aromatic N) is 5. The van der Waals surface area contributed by atoms with Crippen LogP contribution in [0.25, 0.3) is 5.69 Å². The maximum absolute atomic E-state index is 14.1. The van der Waals surface area contributed by atoms with Crippen LogP contribution in [0.5, 0.6) is 0 Å². The maximum atomic E-state index is 14.1. The molecule has 3 aromatic rings. The van der Waals surface area contributed by atoms with E-state index in [1.165, 1.54) is 17.7 Å². The van der Waals surface area contributed by atoms with E-state index in [9.17, 15) is 28.0 Å². The molecule has 37 heavy (non-hydrogen) atoms. The van der Waals surface area contributed by atoms with Gasteiger partial charge in [0.05, 0.1) is 30.1 Å². The fourth-order valence-electron chi connectivity index (χ4n) is 5.18.